The second kappa shape index (κ2) is 15.0. The highest BCUT2D eigenvalue weighted by atomic mass is 16.6. The van der Waals surface area contributed by atoms with Crippen molar-refractivity contribution in [2.75, 3.05) is 26.3 Å². The van der Waals surface area contributed by atoms with E-state index in [0.29, 0.717) is 30.5 Å². The standard InChI is InChI=1S/C37H44N2O10/c1-23-19-29(39(20-23)35(45)49-37(5,6)7)33(43)47-22-31(41)27-16-12-25(13-17-27)24-10-14-26(15-11-24)30(40)21-46-32(42)28-9-8-18-38(28)34(44)48-36(2,3)4/h10-17,19,28-29H,8-9,18,20-22H2,1-7H3. The quantitative estimate of drug-likeness (QED) is 0.139. The molecule has 1 saturated heterocycles. The molecule has 2 aliphatic heterocycles. The van der Waals surface area contributed by atoms with Gasteiger partial charge in [0.15, 0.2) is 30.8 Å². The van der Waals surface area contributed by atoms with Crippen LogP contribution in [0.3, 0.4) is 0 Å². The zero-order valence-corrected chi connectivity index (χ0v) is 29.1. The van der Waals surface area contributed by atoms with Gasteiger partial charge in [0.2, 0.25) is 0 Å². The van der Waals surface area contributed by atoms with E-state index in [4.69, 9.17) is 18.9 Å². The third-order valence-corrected chi connectivity index (χ3v) is 7.66. The third kappa shape index (κ3) is 10.0. The van der Waals surface area contributed by atoms with Crippen LogP contribution in [0.2, 0.25) is 0 Å². The van der Waals surface area contributed by atoms with Gasteiger partial charge in [-0.3, -0.25) is 19.4 Å². The number of hydrogen-bond acceptors (Lipinski definition) is 10. The highest BCUT2D eigenvalue weighted by Crippen LogP contribution is 2.24. The molecule has 12 nitrogen and oxygen atoms in total. The molecule has 0 aliphatic carbocycles. The molecule has 2 unspecified atom stereocenters. The lowest BCUT2D eigenvalue weighted by Crippen LogP contribution is -2.44. The molecule has 1 fully saturated rings. The number of nitrogens with zero attached hydrogens (tertiary/aromatic N) is 2. The number of likely N-dealkylation sites (tertiary alicyclic amines) is 1. The monoisotopic (exact) mass is 676 g/mol. The van der Waals surface area contributed by atoms with E-state index in [-0.39, 0.29) is 6.54 Å². The van der Waals surface area contributed by atoms with Crippen LogP contribution in [0.25, 0.3) is 11.1 Å². The van der Waals surface area contributed by atoms with Crippen molar-refractivity contribution < 1.29 is 47.7 Å². The average Bonchev–Trinajstić information content (AvgIpc) is 3.68. The summed E-state index contributed by atoms with van der Waals surface area (Å²) in [5, 5.41) is 0. The Hall–Kier alpha value is -5.00. The van der Waals surface area contributed by atoms with Crippen molar-refractivity contribution in [3.63, 3.8) is 0 Å². The molecule has 2 aromatic carbocycles. The van der Waals surface area contributed by atoms with Gasteiger partial charge in [0.05, 0.1) is 0 Å². The van der Waals surface area contributed by atoms with Gasteiger partial charge in [0.1, 0.15) is 17.2 Å². The van der Waals surface area contributed by atoms with E-state index >= 15 is 0 Å². The van der Waals surface area contributed by atoms with Crippen molar-refractivity contribution in [1.82, 2.24) is 9.80 Å². The second-order valence-electron chi connectivity index (χ2n) is 14.1. The summed E-state index contributed by atoms with van der Waals surface area (Å²) in [6, 6.07) is 11.6. The summed E-state index contributed by atoms with van der Waals surface area (Å²) in [6.07, 6.45) is 1.45. The molecule has 2 heterocycles. The Labute approximate surface area is 286 Å². The molecule has 262 valence electrons. The van der Waals surface area contributed by atoms with Crippen molar-refractivity contribution in [2.45, 2.75) is 84.6 Å². The maximum Gasteiger partial charge on any atom is 0.411 e. The van der Waals surface area contributed by atoms with Gasteiger partial charge in [-0.15, -0.1) is 0 Å². The van der Waals surface area contributed by atoms with Gasteiger partial charge in [-0.1, -0.05) is 60.2 Å². The highest BCUT2D eigenvalue weighted by Gasteiger charge is 2.38. The number of carbonyl (C=O) groups is 6. The third-order valence-electron chi connectivity index (χ3n) is 7.66. The lowest BCUT2D eigenvalue weighted by molar-refractivity contribution is -0.147. The smallest absolute Gasteiger partial charge is 0.411 e. The summed E-state index contributed by atoms with van der Waals surface area (Å²) >= 11 is 0. The molecule has 2 aromatic rings. The lowest BCUT2D eigenvalue weighted by Gasteiger charge is -2.27. The summed E-state index contributed by atoms with van der Waals surface area (Å²) in [6.45, 7) is 11.9. The molecule has 2 atom stereocenters. The minimum absolute atomic E-state index is 0.226. The molecule has 12 heteroatoms. The average molecular weight is 677 g/mol. The van der Waals surface area contributed by atoms with Gasteiger partial charge in [-0.25, -0.2) is 19.2 Å². The largest absolute Gasteiger partial charge is 0.456 e. The van der Waals surface area contributed by atoms with Crippen LogP contribution in [0.5, 0.6) is 0 Å². The summed E-state index contributed by atoms with van der Waals surface area (Å²) in [5.41, 5.74) is 1.62. The topological polar surface area (TPSA) is 146 Å². The van der Waals surface area contributed by atoms with Crippen LogP contribution in [0.4, 0.5) is 9.59 Å². The summed E-state index contributed by atoms with van der Waals surface area (Å²) < 4.78 is 21.3. The van der Waals surface area contributed by atoms with E-state index in [1.165, 1.54) is 9.80 Å². The van der Waals surface area contributed by atoms with E-state index < -0.39 is 72.2 Å². The number of ether oxygens (including phenoxy) is 4. The number of rotatable bonds is 9. The lowest BCUT2D eigenvalue weighted by atomic mass is 10.0. The Bertz CT molecular complexity index is 1610. The number of benzene rings is 2. The molecule has 2 aliphatic rings. The fraction of sp³-hybridized carbons (Fsp3) is 0.459. The highest BCUT2D eigenvalue weighted by molar-refractivity contribution is 6.00. The SMILES string of the molecule is CC1=CC(C(=O)OCC(=O)c2ccc(-c3ccc(C(=O)COC(=O)C4CCCN4C(=O)OC(C)(C)C)cc3)cc2)N(C(=O)OC(C)(C)C)C1. The van der Waals surface area contributed by atoms with Crippen LogP contribution in [0.15, 0.2) is 60.2 Å². The number of hydrogen-bond donors (Lipinski definition) is 0. The van der Waals surface area contributed by atoms with Crippen molar-refractivity contribution >= 4 is 35.7 Å². The molecule has 0 spiro atoms. The molecule has 2 amide bonds. The molecule has 49 heavy (non-hydrogen) atoms. The summed E-state index contributed by atoms with van der Waals surface area (Å²) in [5.74, 6) is -2.18. The summed E-state index contributed by atoms with van der Waals surface area (Å²) in [4.78, 5) is 78.8. The second-order valence-corrected chi connectivity index (χ2v) is 14.1. The first-order valence-corrected chi connectivity index (χ1v) is 16.2. The van der Waals surface area contributed by atoms with E-state index in [2.05, 4.69) is 0 Å². The molecule has 0 saturated carbocycles. The number of Topliss-reactive ketones (excluding diaryl/α,β-unsaturated/α-hetero) is 2. The summed E-state index contributed by atoms with van der Waals surface area (Å²) in [7, 11) is 0. The Morgan fingerprint density at radius 2 is 1.12 bits per heavy atom. The van der Waals surface area contributed by atoms with Crippen LogP contribution >= 0.6 is 0 Å². The number of amides is 2. The molecule has 4 rings (SSSR count). The van der Waals surface area contributed by atoms with Crippen LogP contribution in [0.1, 0.15) is 82.0 Å². The van der Waals surface area contributed by atoms with Gasteiger partial charge in [-0.05, 0) is 72.4 Å². The Balaban J connectivity index is 1.28. The van der Waals surface area contributed by atoms with Crippen LogP contribution in [-0.2, 0) is 28.5 Å². The van der Waals surface area contributed by atoms with Crippen molar-refractivity contribution in [2.24, 2.45) is 0 Å². The van der Waals surface area contributed by atoms with Crippen LogP contribution in [0, 0.1) is 0 Å². The van der Waals surface area contributed by atoms with Crippen LogP contribution in [-0.4, -0.2) is 95.1 Å². The zero-order chi connectivity index (χ0) is 36.1. The number of carbonyl (C=O) groups excluding carboxylic acids is 6. The first-order valence-electron chi connectivity index (χ1n) is 16.2. The molecular weight excluding hydrogens is 632 g/mol. The fourth-order valence-corrected chi connectivity index (χ4v) is 5.34. The Morgan fingerprint density at radius 3 is 1.59 bits per heavy atom. The Kier molecular flexibility index (Phi) is 11.3. The van der Waals surface area contributed by atoms with Crippen LogP contribution < -0.4 is 0 Å². The maximum atomic E-state index is 12.8. The van der Waals surface area contributed by atoms with E-state index in [0.717, 1.165) is 16.7 Å². The molecule has 0 aromatic heterocycles. The van der Waals surface area contributed by atoms with Gasteiger partial charge < -0.3 is 18.9 Å². The van der Waals surface area contributed by atoms with Crippen molar-refractivity contribution in [3.05, 3.63) is 71.3 Å². The maximum absolute atomic E-state index is 12.8. The molecule has 0 radical (unpaired) electrons. The normalized spacial score (nSPS) is 17.7. The Morgan fingerprint density at radius 1 is 0.673 bits per heavy atom. The molecule has 0 N–H and O–H groups in total. The van der Waals surface area contributed by atoms with E-state index in [9.17, 15) is 28.8 Å². The minimum atomic E-state index is -0.978. The zero-order valence-electron chi connectivity index (χ0n) is 29.1. The van der Waals surface area contributed by atoms with Gasteiger partial charge >= 0.3 is 24.1 Å². The number of ketones is 2. The van der Waals surface area contributed by atoms with Crippen molar-refractivity contribution in [1.29, 1.82) is 0 Å². The predicted molar refractivity (Wildman–Crippen MR) is 179 cm³/mol. The van der Waals surface area contributed by atoms with Gasteiger partial charge in [-0.2, -0.15) is 0 Å². The van der Waals surface area contributed by atoms with Crippen molar-refractivity contribution in [3.8, 4) is 11.1 Å². The minimum Gasteiger partial charge on any atom is -0.456 e. The van der Waals surface area contributed by atoms with E-state index in [1.807, 2.05) is 0 Å². The van der Waals surface area contributed by atoms with Gasteiger partial charge in [0.25, 0.3) is 0 Å². The van der Waals surface area contributed by atoms with E-state index in [1.54, 1.807) is 103 Å². The molecule has 0 bridgehead atoms. The first-order chi connectivity index (χ1) is 22.9. The first kappa shape index (κ1) is 36.8. The predicted octanol–water partition coefficient (Wildman–Crippen LogP) is 5.77. The van der Waals surface area contributed by atoms with Gasteiger partial charge in [0, 0.05) is 24.2 Å². The molecular formula is C37H44N2O10. The fourth-order valence-electron chi connectivity index (χ4n) is 5.34. The number of esters is 2.